The van der Waals surface area contributed by atoms with E-state index in [0.29, 0.717) is 0 Å². The SMILES string of the molecule is CC(=O)N[C@@H]1[C@@H](O)[C@H](O)[C@@H]([C@@H](C)O)O[C@H]1O. The quantitative estimate of drug-likeness (QED) is 0.355. The van der Waals surface area contributed by atoms with Crippen LogP contribution in [0.1, 0.15) is 13.8 Å². The number of rotatable bonds is 2. The van der Waals surface area contributed by atoms with Crippen molar-refractivity contribution in [3.05, 3.63) is 0 Å². The number of nitrogens with one attached hydrogen (secondary N) is 1. The molecular formula is C9H17NO6. The molecule has 94 valence electrons. The molecule has 0 aromatic rings. The molecule has 0 radical (unpaired) electrons. The van der Waals surface area contributed by atoms with Gasteiger partial charge in [-0.25, -0.2) is 0 Å². The molecule has 1 aliphatic heterocycles. The largest absolute Gasteiger partial charge is 0.391 e. The summed E-state index contributed by atoms with van der Waals surface area (Å²) < 4.78 is 4.92. The number of carbonyl (C=O) groups is 1. The molecule has 7 heteroatoms. The molecule has 0 spiro atoms. The summed E-state index contributed by atoms with van der Waals surface area (Å²) in [6, 6.07) is -1.11. The number of hydrogen-bond donors (Lipinski definition) is 5. The second kappa shape index (κ2) is 5.07. The third-order valence-electron chi connectivity index (χ3n) is 2.50. The van der Waals surface area contributed by atoms with E-state index in [2.05, 4.69) is 5.32 Å². The van der Waals surface area contributed by atoms with Gasteiger partial charge >= 0.3 is 0 Å². The molecule has 1 saturated heterocycles. The van der Waals surface area contributed by atoms with Gasteiger partial charge < -0.3 is 30.5 Å². The smallest absolute Gasteiger partial charge is 0.217 e. The van der Waals surface area contributed by atoms with E-state index in [1.807, 2.05) is 0 Å². The van der Waals surface area contributed by atoms with Gasteiger partial charge in [-0.3, -0.25) is 4.79 Å². The van der Waals surface area contributed by atoms with Gasteiger partial charge in [-0.1, -0.05) is 0 Å². The minimum absolute atomic E-state index is 0.464. The highest BCUT2D eigenvalue weighted by Crippen LogP contribution is 2.22. The molecule has 6 atom stereocenters. The van der Waals surface area contributed by atoms with Gasteiger partial charge in [-0.2, -0.15) is 0 Å². The van der Waals surface area contributed by atoms with E-state index >= 15 is 0 Å². The molecule has 0 aliphatic carbocycles. The summed E-state index contributed by atoms with van der Waals surface area (Å²) >= 11 is 0. The van der Waals surface area contributed by atoms with Crippen LogP contribution in [-0.4, -0.2) is 63.1 Å². The van der Waals surface area contributed by atoms with Crippen LogP contribution in [-0.2, 0) is 9.53 Å². The molecule has 1 aliphatic rings. The Balaban J connectivity index is 2.75. The van der Waals surface area contributed by atoms with Crippen LogP contribution in [0.25, 0.3) is 0 Å². The van der Waals surface area contributed by atoms with E-state index in [9.17, 15) is 25.2 Å². The van der Waals surface area contributed by atoms with E-state index in [1.165, 1.54) is 13.8 Å². The number of amides is 1. The van der Waals surface area contributed by atoms with Gasteiger partial charge in [-0.05, 0) is 6.92 Å². The summed E-state index contributed by atoms with van der Waals surface area (Å²) in [5.74, 6) is -0.464. The second-order valence-corrected chi connectivity index (χ2v) is 3.94. The lowest BCUT2D eigenvalue weighted by Crippen LogP contribution is -2.65. The first-order valence-corrected chi connectivity index (χ1v) is 4.99. The standard InChI is InChI=1S/C9H17NO6/c1-3(11)8-7(14)6(13)5(9(15)16-8)10-4(2)12/h3,5-9,11,13-15H,1-2H3,(H,10,12)/t3-,5-,6-,7+,8-,9-/m1/s1. The summed E-state index contributed by atoms with van der Waals surface area (Å²) in [6.45, 7) is 2.58. The highest BCUT2D eigenvalue weighted by Gasteiger charge is 2.45. The maximum absolute atomic E-state index is 10.8. The highest BCUT2D eigenvalue weighted by atomic mass is 16.6. The van der Waals surface area contributed by atoms with Crippen LogP contribution in [0.5, 0.6) is 0 Å². The molecule has 0 saturated carbocycles. The first-order valence-electron chi connectivity index (χ1n) is 4.99. The molecule has 0 aromatic carbocycles. The third-order valence-corrected chi connectivity index (χ3v) is 2.50. The Kier molecular flexibility index (Phi) is 4.22. The Labute approximate surface area is 92.7 Å². The molecule has 16 heavy (non-hydrogen) atoms. The Bertz CT molecular complexity index is 258. The summed E-state index contributed by atoms with van der Waals surface area (Å²) in [4.78, 5) is 10.8. The monoisotopic (exact) mass is 235 g/mol. The minimum Gasteiger partial charge on any atom is -0.391 e. The van der Waals surface area contributed by atoms with Crippen molar-refractivity contribution < 1.29 is 30.0 Å². The summed E-state index contributed by atoms with van der Waals surface area (Å²) in [5, 5.41) is 40.3. The van der Waals surface area contributed by atoms with Crippen molar-refractivity contribution in [2.75, 3.05) is 0 Å². The third kappa shape index (κ3) is 2.69. The summed E-state index contributed by atoms with van der Waals surface area (Å²) in [5.41, 5.74) is 0. The van der Waals surface area contributed by atoms with Gasteiger partial charge in [0.1, 0.15) is 24.4 Å². The van der Waals surface area contributed by atoms with Gasteiger partial charge in [-0.15, -0.1) is 0 Å². The van der Waals surface area contributed by atoms with Gasteiger partial charge in [0.2, 0.25) is 5.91 Å². The van der Waals surface area contributed by atoms with E-state index < -0.39 is 42.7 Å². The van der Waals surface area contributed by atoms with Crippen LogP contribution in [0.15, 0.2) is 0 Å². The van der Waals surface area contributed by atoms with Gasteiger partial charge in [0.05, 0.1) is 6.10 Å². The zero-order valence-corrected chi connectivity index (χ0v) is 9.07. The van der Waals surface area contributed by atoms with Gasteiger partial charge in [0, 0.05) is 6.92 Å². The van der Waals surface area contributed by atoms with Crippen LogP contribution in [0.3, 0.4) is 0 Å². The topological polar surface area (TPSA) is 119 Å². The summed E-state index contributed by atoms with van der Waals surface area (Å²) in [7, 11) is 0. The van der Waals surface area contributed by atoms with Crippen LogP contribution in [0.2, 0.25) is 0 Å². The van der Waals surface area contributed by atoms with Crippen molar-refractivity contribution in [1.82, 2.24) is 5.32 Å². The Morgan fingerprint density at radius 2 is 1.88 bits per heavy atom. The molecule has 1 heterocycles. The molecule has 1 fully saturated rings. The fourth-order valence-corrected chi connectivity index (χ4v) is 1.69. The molecular weight excluding hydrogens is 218 g/mol. The number of ether oxygens (including phenoxy) is 1. The van der Waals surface area contributed by atoms with Crippen molar-refractivity contribution in [2.45, 2.75) is 50.6 Å². The summed E-state index contributed by atoms with van der Waals surface area (Å²) in [6.07, 6.45) is -6.37. The molecule has 0 bridgehead atoms. The Morgan fingerprint density at radius 3 is 2.31 bits per heavy atom. The zero-order chi connectivity index (χ0) is 12.5. The Hall–Kier alpha value is -0.730. The maximum atomic E-state index is 10.8. The number of carbonyl (C=O) groups excluding carboxylic acids is 1. The van der Waals surface area contributed by atoms with Crippen LogP contribution in [0, 0.1) is 0 Å². The van der Waals surface area contributed by atoms with Crippen LogP contribution < -0.4 is 5.32 Å². The zero-order valence-electron chi connectivity index (χ0n) is 9.07. The molecule has 5 N–H and O–H groups in total. The maximum Gasteiger partial charge on any atom is 0.217 e. The van der Waals surface area contributed by atoms with Crippen molar-refractivity contribution >= 4 is 5.91 Å². The number of hydrogen-bond acceptors (Lipinski definition) is 6. The van der Waals surface area contributed by atoms with E-state index in [4.69, 9.17) is 4.74 Å². The first kappa shape index (κ1) is 13.3. The number of aliphatic hydroxyl groups excluding tert-OH is 4. The van der Waals surface area contributed by atoms with Crippen LogP contribution >= 0.6 is 0 Å². The molecule has 0 unspecified atom stereocenters. The lowest BCUT2D eigenvalue weighted by atomic mass is 9.94. The fraction of sp³-hybridized carbons (Fsp3) is 0.889. The molecule has 1 amide bonds. The fourth-order valence-electron chi connectivity index (χ4n) is 1.69. The normalized spacial score (nSPS) is 41.5. The van der Waals surface area contributed by atoms with E-state index in [0.717, 1.165) is 0 Å². The van der Waals surface area contributed by atoms with Gasteiger partial charge in [0.25, 0.3) is 0 Å². The van der Waals surface area contributed by atoms with E-state index in [-0.39, 0.29) is 0 Å². The second-order valence-electron chi connectivity index (χ2n) is 3.94. The lowest BCUT2D eigenvalue weighted by Gasteiger charge is -2.41. The molecule has 7 nitrogen and oxygen atoms in total. The van der Waals surface area contributed by atoms with E-state index in [1.54, 1.807) is 0 Å². The number of aliphatic hydroxyl groups is 4. The van der Waals surface area contributed by atoms with Crippen LogP contribution in [0.4, 0.5) is 0 Å². The predicted octanol–water partition coefficient (Wildman–Crippen LogP) is -2.69. The first-order chi connectivity index (χ1) is 7.34. The van der Waals surface area contributed by atoms with Gasteiger partial charge in [0.15, 0.2) is 6.29 Å². The van der Waals surface area contributed by atoms with Crippen molar-refractivity contribution in [3.8, 4) is 0 Å². The average Bonchev–Trinajstić information content (AvgIpc) is 2.17. The molecule has 0 aromatic heterocycles. The predicted molar refractivity (Wildman–Crippen MR) is 52.2 cm³/mol. The Morgan fingerprint density at radius 1 is 1.31 bits per heavy atom. The molecule has 1 rings (SSSR count). The van der Waals surface area contributed by atoms with Crippen molar-refractivity contribution in [2.24, 2.45) is 0 Å². The minimum atomic E-state index is -1.47. The highest BCUT2D eigenvalue weighted by molar-refractivity contribution is 5.73. The lowest BCUT2D eigenvalue weighted by molar-refractivity contribution is -0.264. The average molecular weight is 235 g/mol. The van der Waals surface area contributed by atoms with Crippen molar-refractivity contribution in [3.63, 3.8) is 0 Å². The van der Waals surface area contributed by atoms with Crippen molar-refractivity contribution in [1.29, 1.82) is 0 Å².